The summed E-state index contributed by atoms with van der Waals surface area (Å²) in [4.78, 5) is 28.4. The van der Waals surface area contributed by atoms with Gasteiger partial charge < -0.3 is 47.1 Å². The fourth-order valence-corrected chi connectivity index (χ4v) is 1.96. The van der Waals surface area contributed by atoms with Crippen LogP contribution < -0.4 is 22.9 Å². The van der Waals surface area contributed by atoms with Gasteiger partial charge in [-0.2, -0.15) is 10.5 Å². The third-order valence-corrected chi connectivity index (χ3v) is 3.51. The molecule has 0 rings (SSSR count). The maximum absolute atomic E-state index is 9.55. The lowest BCUT2D eigenvalue weighted by atomic mass is 10.5. The molecule has 0 aliphatic rings. The number of hydrogen-bond donors (Lipinski definition) is 7. The first-order valence-electron chi connectivity index (χ1n) is 8.38. The molecule has 0 bridgehead atoms. The van der Waals surface area contributed by atoms with Crippen LogP contribution in [0.5, 0.6) is 0 Å². The van der Waals surface area contributed by atoms with Crippen molar-refractivity contribution in [1.82, 2.24) is 0 Å². The average Bonchev–Trinajstić information content (AvgIpc) is 2.68. The van der Waals surface area contributed by atoms with Gasteiger partial charge in [-0.25, -0.2) is 9.59 Å². The molecule has 15 heteroatoms. The molecular weight excluding hydrogens is 439 g/mol. The summed E-state index contributed by atoms with van der Waals surface area (Å²) in [7, 11) is 0. The van der Waals surface area contributed by atoms with E-state index in [-0.39, 0.29) is 6.61 Å². The van der Waals surface area contributed by atoms with Crippen molar-refractivity contribution in [3.63, 3.8) is 0 Å². The summed E-state index contributed by atoms with van der Waals surface area (Å²) in [5, 5.41) is 31.1. The summed E-state index contributed by atoms with van der Waals surface area (Å²) in [5.74, 6) is -2.51. The number of rotatable bonds is 11. The Balaban J connectivity index is -0.000000162. The summed E-state index contributed by atoms with van der Waals surface area (Å²) < 4.78 is 9.71. The molecule has 174 valence electrons. The van der Waals surface area contributed by atoms with E-state index in [9.17, 15) is 14.5 Å². The minimum absolute atomic E-state index is 0.219. The largest absolute Gasteiger partial charge is 0.478 e. The van der Waals surface area contributed by atoms with Crippen molar-refractivity contribution in [2.75, 3.05) is 39.4 Å². The number of carbonyl (C=O) groups is 2. The van der Waals surface area contributed by atoms with E-state index in [2.05, 4.69) is 11.8 Å². The highest BCUT2D eigenvalue weighted by molar-refractivity contribution is 8.07. The van der Waals surface area contributed by atoms with Crippen molar-refractivity contribution in [2.45, 2.75) is 19.3 Å². The van der Waals surface area contributed by atoms with Gasteiger partial charge in [-0.15, -0.1) is 0 Å². The summed E-state index contributed by atoms with van der Waals surface area (Å²) >= 11 is 4.65. The van der Waals surface area contributed by atoms with Crippen molar-refractivity contribution in [3.8, 4) is 12.1 Å². The zero-order valence-electron chi connectivity index (χ0n) is 16.6. The van der Waals surface area contributed by atoms with E-state index in [1.54, 1.807) is 0 Å². The van der Waals surface area contributed by atoms with Crippen LogP contribution in [0.2, 0.25) is 0 Å². The highest BCUT2D eigenvalue weighted by Gasteiger charge is 2.13. The Morgan fingerprint density at radius 3 is 1.50 bits per heavy atom. The highest BCUT2D eigenvalue weighted by Crippen LogP contribution is 2.43. The standard InChI is InChI=1S/C5H15N2O3PS.C4H4O4.2C3H6N2/c6-2-1-4-9-11(8,12)10-5-3-7;5-3(6)1-2-4(7)8;2*4-2-1-3-5/h1-7H2,(H,8,12);1-2H,(H,5,6)(H,7,8);2*1-2,4H2/b;2-1+;;. The van der Waals surface area contributed by atoms with Crippen molar-refractivity contribution < 1.29 is 33.7 Å². The van der Waals surface area contributed by atoms with Crippen LogP contribution in [0.4, 0.5) is 0 Å². The topological polar surface area (TPSA) is 265 Å². The summed E-state index contributed by atoms with van der Waals surface area (Å²) in [5.41, 5.74) is 20.2. The van der Waals surface area contributed by atoms with E-state index in [4.69, 9.17) is 52.7 Å². The lowest BCUT2D eigenvalue weighted by Gasteiger charge is -2.14. The maximum atomic E-state index is 9.55. The van der Waals surface area contributed by atoms with Crippen LogP contribution in [0, 0.1) is 22.7 Å². The molecule has 0 radical (unpaired) electrons. The Morgan fingerprint density at radius 1 is 0.867 bits per heavy atom. The molecule has 30 heavy (non-hydrogen) atoms. The predicted octanol–water partition coefficient (Wildman–Crippen LogP) is -1.03. The normalized spacial score (nSPS) is 11.0. The molecule has 0 fully saturated rings. The summed E-state index contributed by atoms with van der Waals surface area (Å²) in [6.45, 7) is -0.704. The van der Waals surface area contributed by atoms with Gasteiger partial charge in [0.2, 0.25) is 0 Å². The summed E-state index contributed by atoms with van der Waals surface area (Å²) in [6, 6.07) is 3.78. The lowest BCUT2D eigenvalue weighted by molar-refractivity contribution is -0.134. The molecule has 13 nitrogen and oxygen atoms in total. The Morgan fingerprint density at radius 2 is 1.27 bits per heavy atom. The van der Waals surface area contributed by atoms with E-state index in [1.165, 1.54) is 0 Å². The lowest BCUT2D eigenvalue weighted by Crippen LogP contribution is -2.09. The van der Waals surface area contributed by atoms with Gasteiger partial charge in [0.15, 0.2) is 0 Å². The number of nitrogens with two attached hydrogens (primary N) is 4. The van der Waals surface area contributed by atoms with E-state index in [1.807, 2.05) is 12.1 Å². The van der Waals surface area contributed by atoms with Gasteiger partial charge in [0, 0.05) is 44.6 Å². The smallest absolute Gasteiger partial charge is 0.328 e. The quantitative estimate of drug-likeness (QED) is 0.108. The summed E-state index contributed by atoms with van der Waals surface area (Å²) in [6.07, 6.45) is 2.72. The van der Waals surface area contributed by atoms with Crippen LogP contribution in [-0.4, -0.2) is 66.4 Å². The van der Waals surface area contributed by atoms with Gasteiger partial charge in [-0.05, 0) is 24.8 Å². The Bertz CT molecular complexity index is 549. The second-order valence-corrected chi connectivity index (χ2v) is 7.31. The SMILES string of the molecule is N#CCCN.N#CCCN.NCCCOP(O)(=S)OCCN.O=C(O)/C=C/C(=O)O. The molecule has 0 heterocycles. The van der Waals surface area contributed by atoms with Crippen molar-refractivity contribution in [1.29, 1.82) is 10.5 Å². The fraction of sp³-hybridized carbons (Fsp3) is 0.600. The maximum Gasteiger partial charge on any atom is 0.328 e. The highest BCUT2D eigenvalue weighted by atomic mass is 32.5. The van der Waals surface area contributed by atoms with Crippen LogP contribution in [0.25, 0.3) is 0 Å². The first kappa shape index (κ1) is 35.5. The fourth-order valence-electron chi connectivity index (χ4n) is 0.740. The number of carboxylic acids is 2. The van der Waals surface area contributed by atoms with Gasteiger partial charge in [-0.1, -0.05) is 0 Å². The van der Waals surface area contributed by atoms with Crippen molar-refractivity contribution in [3.05, 3.63) is 12.2 Å². The number of aliphatic carboxylic acids is 2. The number of nitrogens with zero attached hydrogens (tertiary/aromatic N) is 2. The number of hydrogen-bond acceptors (Lipinski definition) is 11. The molecule has 0 aliphatic heterocycles. The minimum atomic E-state index is -3.04. The van der Waals surface area contributed by atoms with Crippen molar-refractivity contribution in [2.24, 2.45) is 22.9 Å². The molecule has 0 saturated carbocycles. The Hall–Kier alpha value is -1.97. The first-order valence-corrected chi connectivity index (χ1v) is 11.0. The monoisotopic (exact) mass is 470 g/mol. The Kier molecular flexibility index (Phi) is 34.6. The van der Waals surface area contributed by atoms with E-state index < -0.39 is 18.7 Å². The van der Waals surface area contributed by atoms with E-state index in [0.29, 0.717) is 64.2 Å². The molecule has 1 atom stereocenters. The second-order valence-electron chi connectivity index (χ2n) is 4.47. The van der Waals surface area contributed by atoms with Gasteiger partial charge in [0.05, 0.1) is 25.4 Å². The molecule has 0 aliphatic carbocycles. The van der Waals surface area contributed by atoms with E-state index >= 15 is 0 Å². The van der Waals surface area contributed by atoms with Crippen LogP contribution in [0.3, 0.4) is 0 Å². The second kappa shape index (κ2) is 29.2. The first-order chi connectivity index (χ1) is 14.1. The zero-order valence-corrected chi connectivity index (χ0v) is 18.3. The molecule has 1 unspecified atom stereocenters. The molecule has 0 aromatic carbocycles. The number of nitriles is 2. The van der Waals surface area contributed by atoms with Crippen LogP contribution >= 0.6 is 6.72 Å². The van der Waals surface area contributed by atoms with Gasteiger partial charge >= 0.3 is 18.7 Å². The van der Waals surface area contributed by atoms with Crippen LogP contribution in [-0.2, 0) is 30.4 Å². The minimum Gasteiger partial charge on any atom is -0.478 e. The molecule has 0 saturated heterocycles. The molecule has 0 amide bonds. The van der Waals surface area contributed by atoms with Gasteiger partial charge in [-0.3, -0.25) is 0 Å². The molecular formula is C15H31N6O7PS. The van der Waals surface area contributed by atoms with Crippen LogP contribution in [0.15, 0.2) is 12.2 Å². The third kappa shape index (κ3) is 50.2. The molecule has 0 aromatic rings. The zero-order chi connectivity index (χ0) is 24.3. The molecule has 0 spiro atoms. The predicted molar refractivity (Wildman–Crippen MR) is 114 cm³/mol. The third-order valence-electron chi connectivity index (χ3n) is 1.86. The number of carboxylic acid groups (broad SMARTS) is 2. The van der Waals surface area contributed by atoms with Gasteiger partial charge in [0.25, 0.3) is 0 Å². The van der Waals surface area contributed by atoms with E-state index in [0.717, 1.165) is 0 Å². The molecule has 0 aromatic heterocycles. The molecule has 11 N–H and O–H groups in total. The Labute approximate surface area is 181 Å². The van der Waals surface area contributed by atoms with Crippen LogP contribution in [0.1, 0.15) is 19.3 Å². The van der Waals surface area contributed by atoms with Gasteiger partial charge in [0.1, 0.15) is 0 Å². The van der Waals surface area contributed by atoms with Crippen molar-refractivity contribution >= 4 is 30.5 Å². The average molecular weight is 470 g/mol.